The molecule has 212 valence electrons. The summed E-state index contributed by atoms with van der Waals surface area (Å²) < 4.78 is 11.4. The summed E-state index contributed by atoms with van der Waals surface area (Å²) in [6.45, 7) is 5.89. The van der Waals surface area contributed by atoms with Crippen LogP contribution in [0.5, 0.6) is 5.75 Å². The van der Waals surface area contributed by atoms with Crippen molar-refractivity contribution in [1.29, 1.82) is 0 Å². The minimum Gasteiger partial charge on any atom is -0.493 e. The zero-order chi connectivity index (χ0) is 27.0. The van der Waals surface area contributed by atoms with Crippen molar-refractivity contribution in [3.8, 4) is 5.75 Å². The van der Waals surface area contributed by atoms with Gasteiger partial charge in [-0.25, -0.2) is 5.06 Å². The van der Waals surface area contributed by atoms with Gasteiger partial charge in [-0.2, -0.15) is 0 Å². The molecule has 2 fully saturated rings. The van der Waals surface area contributed by atoms with Crippen LogP contribution in [0, 0.1) is 11.8 Å². The summed E-state index contributed by atoms with van der Waals surface area (Å²) in [6, 6.07) is 7.62. The second kappa shape index (κ2) is 17.3. The van der Waals surface area contributed by atoms with Gasteiger partial charge in [-0.05, 0) is 55.4 Å². The molecule has 1 aromatic carbocycles. The Morgan fingerprint density at radius 3 is 2.42 bits per heavy atom. The molecule has 1 aliphatic carbocycles. The minimum atomic E-state index is -0.397. The van der Waals surface area contributed by atoms with Gasteiger partial charge >= 0.3 is 0 Å². The lowest BCUT2D eigenvalue weighted by Gasteiger charge is -2.34. The monoisotopic (exact) mass is 528 g/mol. The number of amides is 2. The van der Waals surface area contributed by atoms with Crippen molar-refractivity contribution >= 4 is 17.9 Å². The highest BCUT2D eigenvalue weighted by Crippen LogP contribution is 2.31. The van der Waals surface area contributed by atoms with E-state index in [4.69, 9.17) is 9.47 Å². The summed E-state index contributed by atoms with van der Waals surface area (Å²) in [7, 11) is 0. The van der Waals surface area contributed by atoms with E-state index in [1.807, 2.05) is 29.2 Å². The number of hydroxylamine groups is 2. The van der Waals surface area contributed by atoms with Crippen LogP contribution in [0.1, 0.15) is 89.5 Å². The number of ether oxygens (including phenoxy) is 2. The van der Waals surface area contributed by atoms with Gasteiger partial charge in [0, 0.05) is 31.6 Å². The molecule has 2 unspecified atom stereocenters. The lowest BCUT2D eigenvalue weighted by molar-refractivity contribution is -0.159. The van der Waals surface area contributed by atoms with Crippen LogP contribution >= 0.6 is 0 Å². The smallest absolute Gasteiger partial charge is 0.269 e. The van der Waals surface area contributed by atoms with Crippen LogP contribution in [-0.2, 0) is 14.3 Å². The Labute approximate surface area is 229 Å². The topological polar surface area (TPSA) is 79.3 Å². The fourth-order valence-corrected chi connectivity index (χ4v) is 5.36. The Bertz CT molecular complexity index is 850. The molecule has 1 heterocycles. The fourth-order valence-electron chi connectivity index (χ4n) is 5.36. The maximum Gasteiger partial charge on any atom is 0.269 e. The number of hydrogen-bond acceptors (Lipinski definition) is 5. The van der Waals surface area contributed by atoms with Crippen molar-refractivity contribution < 1.29 is 24.3 Å². The maximum atomic E-state index is 12.9. The van der Waals surface area contributed by atoms with Gasteiger partial charge in [0.15, 0.2) is 0 Å². The third-order valence-electron chi connectivity index (χ3n) is 7.72. The van der Waals surface area contributed by atoms with Crippen molar-refractivity contribution in [2.45, 2.75) is 84.0 Å². The summed E-state index contributed by atoms with van der Waals surface area (Å²) in [5, 5.41) is 10.8. The van der Waals surface area contributed by atoms with E-state index in [1.54, 1.807) is 6.08 Å². The largest absolute Gasteiger partial charge is 0.493 e. The molecule has 0 radical (unpaired) electrons. The molecule has 2 amide bonds. The summed E-state index contributed by atoms with van der Waals surface area (Å²) in [4.78, 5) is 27.0. The number of morpholine rings is 1. The van der Waals surface area contributed by atoms with Gasteiger partial charge in [0.2, 0.25) is 5.91 Å². The normalized spacial score (nSPS) is 20.0. The van der Waals surface area contributed by atoms with Crippen LogP contribution in [0.15, 0.2) is 30.3 Å². The van der Waals surface area contributed by atoms with E-state index in [2.05, 4.69) is 6.92 Å². The van der Waals surface area contributed by atoms with E-state index < -0.39 is 5.91 Å². The first kappa shape index (κ1) is 30.2. The van der Waals surface area contributed by atoms with Crippen LogP contribution in [0.4, 0.5) is 0 Å². The molecule has 1 saturated heterocycles. The van der Waals surface area contributed by atoms with Crippen LogP contribution in [0.25, 0.3) is 6.08 Å². The molecule has 0 spiro atoms. The molecule has 1 aliphatic heterocycles. The van der Waals surface area contributed by atoms with Gasteiger partial charge in [-0.15, -0.1) is 0 Å². The predicted molar refractivity (Wildman–Crippen MR) is 150 cm³/mol. The molecular weight excluding hydrogens is 480 g/mol. The van der Waals surface area contributed by atoms with Crippen molar-refractivity contribution in [2.24, 2.45) is 11.8 Å². The lowest BCUT2D eigenvalue weighted by atomic mass is 9.81. The number of hydrogen-bond donors (Lipinski definition) is 1. The Kier molecular flexibility index (Phi) is 13.7. The summed E-state index contributed by atoms with van der Waals surface area (Å²) in [5.74, 6) is 1.15. The Morgan fingerprint density at radius 1 is 1.03 bits per heavy atom. The molecule has 1 N–H and O–H groups in total. The minimum absolute atomic E-state index is 0.0992. The fraction of sp³-hybridized carbons (Fsp3) is 0.677. The maximum absolute atomic E-state index is 12.9. The highest BCUT2D eigenvalue weighted by atomic mass is 16.5. The number of benzene rings is 1. The highest BCUT2D eigenvalue weighted by molar-refractivity contribution is 5.90. The zero-order valence-electron chi connectivity index (χ0n) is 23.3. The molecule has 7 nitrogen and oxygen atoms in total. The number of unbranched alkanes of at least 4 members (excludes halogenated alkanes) is 7. The molecule has 0 bridgehead atoms. The average Bonchev–Trinajstić information content (AvgIpc) is 2.96. The highest BCUT2D eigenvalue weighted by Gasteiger charge is 2.31. The van der Waals surface area contributed by atoms with E-state index in [0.717, 1.165) is 61.3 Å². The number of rotatable bonds is 15. The third-order valence-corrected chi connectivity index (χ3v) is 7.72. The molecule has 2 atom stereocenters. The predicted octanol–water partition coefficient (Wildman–Crippen LogP) is 6.10. The summed E-state index contributed by atoms with van der Waals surface area (Å²) >= 11 is 0. The van der Waals surface area contributed by atoms with Gasteiger partial charge < -0.3 is 14.4 Å². The first-order valence-electron chi connectivity index (χ1n) is 14.8. The molecule has 38 heavy (non-hydrogen) atoms. The molecule has 7 heteroatoms. The van der Waals surface area contributed by atoms with E-state index in [-0.39, 0.29) is 11.8 Å². The molecule has 3 rings (SSSR count). The second-order valence-corrected chi connectivity index (χ2v) is 10.8. The Morgan fingerprint density at radius 2 is 1.71 bits per heavy atom. The van der Waals surface area contributed by atoms with Gasteiger partial charge in [0.1, 0.15) is 5.75 Å². The summed E-state index contributed by atoms with van der Waals surface area (Å²) in [5.41, 5.74) is 0.875. The number of carbonyl (C=O) groups is 2. The van der Waals surface area contributed by atoms with Crippen molar-refractivity contribution in [3.63, 3.8) is 0 Å². The van der Waals surface area contributed by atoms with E-state index in [9.17, 15) is 14.8 Å². The van der Waals surface area contributed by atoms with Crippen molar-refractivity contribution in [1.82, 2.24) is 9.96 Å². The van der Waals surface area contributed by atoms with Crippen LogP contribution in [0.3, 0.4) is 0 Å². The van der Waals surface area contributed by atoms with Crippen LogP contribution < -0.4 is 4.74 Å². The van der Waals surface area contributed by atoms with Gasteiger partial charge in [0.05, 0.1) is 19.8 Å². The lowest BCUT2D eigenvalue weighted by Crippen LogP contribution is -2.45. The SMILES string of the molecule is CCCCCCCCCCN(O)C(=O)/C=C/c1ccc(OCC2CCCC(C(=O)N3CCOCC3)C2)cc1. The van der Waals surface area contributed by atoms with E-state index >= 15 is 0 Å². The average molecular weight is 529 g/mol. The van der Waals surface area contributed by atoms with E-state index in [0.29, 0.717) is 45.4 Å². The van der Waals surface area contributed by atoms with Gasteiger partial charge in [-0.3, -0.25) is 14.8 Å². The quantitative estimate of drug-likeness (QED) is 0.129. The Hall–Kier alpha value is -2.38. The van der Waals surface area contributed by atoms with Crippen molar-refractivity contribution in [2.75, 3.05) is 39.5 Å². The third kappa shape index (κ3) is 10.8. The molecule has 2 aliphatic rings. The first-order valence-corrected chi connectivity index (χ1v) is 14.8. The van der Waals surface area contributed by atoms with Crippen molar-refractivity contribution in [3.05, 3.63) is 35.9 Å². The molecule has 1 aromatic rings. The van der Waals surface area contributed by atoms with Gasteiger partial charge in [0.25, 0.3) is 5.91 Å². The number of carbonyl (C=O) groups excluding carboxylic acids is 2. The van der Waals surface area contributed by atoms with Gasteiger partial charge in [-0.1, -0.05) is 70.4 Å². The number of nitrogens with zero attached hydrogens (tertiary/aromatic N) is 2. The van der Waals surface area contributed by atoms with Crippen LogP contribution in [0.2, 0.25) is 0 Å². The first-order chi connectivity index (χ1) is 18.6. The molecule has 1 saturated carbocycles. The molecular formula is C31H48N2O5. The van der Waals surface area contributed by atoms with Crippen LogP contribution in [-0.4, -0.2) is 66.4 Å². The summed E-state index contributed by atoms with van der Waals surface area (Å²) in [6.07, 6.45) is 16.5. The Balaban J connectivity index is 1.33. The second-order valence-electron chi connectivity index (χ2n) is 10.8. The van der Waals surface area contributed by atoms with E-state index in [1.165, 1.54) is 38.2 Å². The zero-order valence-corrected chi connectivity index (χ0v) is 23.3. The standard InChI is InChI=1S/C31H48N2O5/c1-2-3-4-5-6-7-8-9-19-33(36)30(34)18-15-26-13-16-29(17-14-26)38-25-27-11-10-12-28(24-27)31(35)32-20-22-37-23-21-32/h13-18,27-28,36H,2-12,19-25H2,1H3/b18-15+. The molecule has 0 aromatic heterocycles.